The maximum Gasteiger partial charge on any atom is 0.469 e. The lowest BCUT2D eigenvalue weighted by Crippen LogP contribution is -2.52. The molecule has 292 valence electrons. The fourth-order valence-electron chi connectivity index (χ4n) is 6.43. The summed E-state index contributed by atoms with van der Waals surface area (Å²) < 4.78 is 17.7. The number of aromatic nitrogens is 2. The highest BCUT2D eigenvalue weighted by Crippen LogP contribution is 2.39. The van der Waals surface area contributed by atoms with Gasteiger partial charge < -0.3 is 40.7 Å². The van der Waals surface area contributed by atoms with Gasteiger partial charge in [-0.15, -0.1) is 0 Å². The number of imidazole rings is 1. The molecule has 1 aromatic heterocycles. The summed E-state index contributed by atoms with van der Waals surface area (Å²) in [5.74, 6) is -6.62. The maximum atomic E-state index is 14.0. The van der Waals surface area contributed by atoms with E-state index < -0.39 is 86.2 Å². The van der Waals surface area contributed by atoms with Gasteiger partial charge >= 0.3 is 7.82 Å². The van der Waals surface area contributed by atoms with Crippen LogP contribution in [-0.2, 0) is 50.8 Å². The zero-order valence-corrected chi connectivity index (χ0v) is 31.3. The van der Waals surface area contributed by atoms with Crippen LogP contribution in [0.15, 0.2) is 42.9 Å². The van der Waals surface area contributed by atoms with Gasteiger partial charge in [0.1, 0.15) is 12.1 Å². The molecule has 0 radical (unpaired) electrons. The fourth-order valence-corrected chi connectivity index (χ4v) is 7.01. The Morgan fingerprint density at radius 2 is 1.68 bits per heavy atom. The van der Waals surface area contributed by atoms with E-state index in [1.165, 1.54) is 11.8 Å². The van der Waals surface area contributed by atoms with Crippen molar-refractivity contribution in [2.45, 2.75) is 97.0 Å². The molecular formula is C35H51N6O11P. The van der Waals surface area contributed by atoms with E-state index in [-0.39, 0.29) is 31.1 Å². The molecule has 4 amide bonds. The highest BCUT2D eigenvalue weighted by molar-refractivity contribution is 7.46. The highest BCUT2D eigenvalue weighted by Gasteiger charge is 2.37. The number of Topliss-reactive ketones (excluding diaryl/α,β-unsaturated/α-hetero) is 2. The first-order valence-corrected chi connectivity index (χ1v) is 19.0. The monoisotopic (exact) mass is 762 g/mol. The van der Waals surface area contributed by atoms with Gasteiger partial charge in [0.2, 0.25) is 23.6 Å². The van der Waals surface area contributed by atoms with E-state index in [0.29, 0.717) is 31.6 Å². The Morgan fingerprint density at radius 1 is 1.02 bits per heavy atom. The van der Waals surface area contributed by atoms with Crippen molar-refractivity contribution in [3.8, 4) is 0 Å². The normalized spacial score (nSPS) is 17.4. The zero-order chi connectivity index (χ0) is 39.5. The average molecular weight is 763 g/mol. The molecule has 1 saturated heterocycles. The van der Waals surface area contributed by atoms with E-state index in [1.807, 2.05) is 44.2 Å². The van der Waals surface area contributed by atoms with Crippen LogP contribution in [0.3, 0.4) is 0 Å². The number of rotatable bonds is 21. The molecule has 1 aromatic carbocycles. The molecule has 0 saturated carbocycles. The molecule has 6 atom stereocenters. The van der Waals surface area contributed by atoms with E-state index in [4.69, 9.17) is 5.73 Å². The van der Waals surface area contributed by atoms with Crippen molar-refractivity contribution in [2.24, 2.45) is 23.5 Å². The number of amides is 4. The second kappa shape index (κ2) is 19.7. The van der Waals surface area contributed by atoms with Crippen LogP contribution in [0.5, 0.6) is 0 Å². The van der Waals surface area contributed by atoms with Crippen LogP contribution in [-0.4, -0.2) is 102 Å². The number of hydrogen-bond donors (Lipinski definition) is 6. The van der Waals surface area contributed by atoms with Gasteiger partial charge in [0, 0.05) is 51.2 Å². The lowest BCUT2D eigenvalue weighted by molar-refractivity contribution is -0.138. The molecule has 0 aliphatic carbocycles. The van der Waals surface area contributed by atoms with Crippen molar-refractivity contribution < 1.29 is 52.7 Å². The van der Waals surface area contributed by atoms with Crippen LogP contribution in [0, 0.1) is 17.8 Å². The van der Waals surface area contributed by atoms with Gasteiger partial charge in [-0.25, -0.2) is 9.55 Å². The van der Waals surface area contributed by atoms with E-state index in [1.54, 1.807) is 17.1 Å². The number of primary amides is 1. The van der Waals surface area contributed by atoms with E-state index in [2.05, 4.69) is 20.1 Å². The van der Waals surface area contributed by atoms with E-state index >= 15 is 0 Å². The Hall–Kier alpha value is -4.28. The number of aliphatic hydroxyl groups is 1. The fraction of sp³-hybridized carbons (Fsp3) is 0.571. The molecule has 2 aromatic rings. The van der Waals surface area contributed by atoms with Crippen LogP contribution in [0.4, 0.5) is 0 Å². The summed E-state index contributed by atoms with van der Waals surface area (Å²) in [6.45, 7) is 6.19. The summed E-state index contributed by atoms with van der Waals surface area (Å²) >= 11 is 0. The number of phosphoric ester groups is 1. The summed E-state index contributed by atoms with van der Waals surface area (Å²) in [4.78, 5) is 103. The standard InChI is InChI=1S/C35H51N6O11P/c1-21(2)13-28(38-35(48)30-11-8-12-41(30)23(4)43)31(44)15-25(14-26-17-37-20-40(26)18-24-9-6-5-7-10-24)34(47)39-29(19-42)32(45)16-27(33(36)46)22(3)52-53(49,50)51/h5-7,9-10,17,20-22,25,27-30,42H,8,11-16,18-19H2,1-4H3,(H2,36,46)(H,38,48)(H,39,47)(H2,49,50,51)/t22?,25-,27+,28+,29+,30+/m1/s1. The Balaban J connectivity index is 1.88. The Labute approximate surface area is 308 Å². The predicted octanol–water partition coefficient (Wildman–Crippen LogP) is 0.627. The van der Waals surface area contributed by atoms with Gasteiger partial charge in [0.15, 0.2) is 11.6 Å². The van der Waals surface area contributed by atoms with Crippen LogP contribution >= 0.6 is 7.82 Å². The Kier molecular flexibility index (Phi) is 16.0. The number of ketones is 2. The molecule has 7 N–H and O–H groups in total. The first-order valence-electron chi connectivity index (χ1n) is 17.5. The van der Waals surface area contributed by atoms with Crippen LogP contribution < -0.4 is 16.4 Å². The largest absolute Gasteiger partial charge is 0.469 e. The molecule has 0 spiro atoms. The number of nitrogens with one attached hydrogen (secondary N) is 2. The third kappa shape index (κ3) is 13.3. The van der Waals surface area contributed by atoms with Crippen molar-refractivity contribution in [1.29, 1.82) is 0 Å². The second-order valence-electron chi connectivity index (χ2n) is 13.9. The molecular weight excluding hydrogens is 711 g/mol. The number of aliphatic hydroxyl groups excluding tert-OH is 1. The van der Waals surface area contributed by atoms with Crippen molar-refractivity contribution in [1.82, 2.24) is 25.1 Å². The van der Waals surface area contributed by atoms with Gasteiger partial charge in [-0.3, -0.25) is 33.3 Å². The third-order valence-corrected chi connectivity index (χ3v) is 9.79. The minimum absolute atomic E-state index is 0.0309. The molecule has 1 aliphatic heterocycles. The van der Waals surface area contributed by atoms with E-state index in [9.17, 15) is 48.2 Å². The summed E-state index contributed by atoms with van der Waals surface area (Å²) in [6.07, 6.45) is 1.83. The van der Waals surface area contributed by atoms with Crippen LogP contribution in [0.1, 0.15) is 71.1 Å². The van der Waals surface area contributed by atoms with Gasteiger partial charge in [-0.1, -0.05) is 44.2 Å². The molecule has 17 nitrogen and oxygen atoms in total. The summed E-state index contributed by atoms with van der Waals surface area (Å²) in [5, 5.41) is 15.4. The number of carbonyl (C=O) groups excluding carboxylic acids is 6. The molecule has 18 heteroatoms. The lowest BCUT2D eigenvalue weighted by Gasteiger charge is -2.27. The maximum absolute atomic E-state index is 14.0. The number of carbonyl (C=O) groups is 6. The number of hydrogen-bond acceptors (Lipinski definition) is 10. The van der Waals surface area contributed by atoms with Gasteiger partial charge in [0.25, 0.3) is 0 Å². The average Bonchev–Trinajstić information content (AvgIpc) is 3.74. The number of phosphoric acid groups is 1. The Bertz CT molecular complexity index is 1650. The molecule has 3 rings (SSSR count). The molecule has 1 fully saturated rings. The van der Waals surface area contributed by atoms with Crippen molar-refractivity contribution >= 4 is 43.0 Å². The number of benzene rings is 1. The molecule has 53 heavy (non-hydrogen) atoms. The van der Waals surface area contributed by atoms with Crippen LogP contribution in [0.25, 0.3) is 0 Å². The first-order chi connectivity index (χ1) is 24.9. The quantitative estimate of drug-likeness (QED) is 0.0958. The third-order valence-electron chi connectivity index (χ3n) is 9.18. The van der Waals surface area contributed by atoms with Crippen molar-refractivity contribution in [3.05, 3.63) is 54.1 Å². The number of likely N-dealkylation sites (tertiary alicyclic amines) is 1. The second-order valence-corrected chi connectivity index (χ2v) is 15.0. The molecule has 1 aliphatic rings. The first kappa shape index (κ1) is 43.1. The number of nitrogens with two attached hydrogens (primary N) is 1. The van der Waals surface area contributed by atoms with E-state index in [0.717, 1.165) is 12.5 Å². The zero-order valence-electron chi connectivity index (χ0n) is 30.4. The van der Waals surface area contributed by atoms with Gasteiger partial charge in [-0.05, 0) is 37.7 Å². The minimum atomic E-state index is -5.05. The molecule has 1 unspecified atom stereocenters. The number of nitrogens with zero attached hydrogens (tertiary/aromatic N) is 3. The van der Waals surface area contributed by atoms with Crippen LogP contribution in [0.2, 0.25) is 0 Å². The minimum Gasteiger partial charge on any atom is -0.394 e. The summed E-state index contributed by atoms with van der Waals surface area (Å²) in [6, 6.07) is 6.15. The van der Waals surface area contributed by atoms with Gasteiger partial charge in [0.05, 0.1) is 36.9 Å². The summed E-state index contributed by atoms with van der Waals surface area (Å²) in [7, 11) is -5.05. The topological polar surface area (TPSA) is 261 Å². The Morgan fingerprint density at radius 3 is 2.26 bits per heavy atom. The molecule has 2 heterocycles. The summed E-state index contributed by atoms with van der Waals surface area (Å²) in [5.41, 5.74) is 6.91. The highest BCUT2D eigenvalue weighted by atomic mass is 31.2. The predicted molar refractivity (Wildman–Crippen MR) is 190 cm³/mol. The van der Waals surface area contributed by atoms with Crippen molar-refractivity contribution in [3.63, 3.8) is 0 Å². The SMILES string of the molecule is CC(=O)N1CCC[C@H]1C(=O)N[C@@H](CC(C)C)C(=O)C[C@@H](Cc1cncn1Cc1ccccc1)C(=O)N[C@@H](CO)C(=O)C[C@H](C(N)=O)C(C)OP(=O)(O)O. The molecule has 0 bridgehead atoms. The van der Waals surface area contributed by atoms with Gasteiger partial charge in [-0.2, -0.15) is 0 Å². The van der Waals surface area contributed by atoms with Crippen molar-refractivity contribution in [2.75, 3.05) is 13.2 Å². The lowest BCUT2D eigenvalue weighted by atomic mass is 9.89. The smallest absolute Gasteiger partial charge is 0.394 e.